The van der Waals surface area contributed by atoms with Gasteiger partial charge in [0.25, 0.3) is 5.91 Å². The lowest BCUT2D eigenvalue weighted by Crippen LogP contribution is -2.24. The Morgan fingerprint density at radius 2 is 2.09 bits per heavy atom. The molecule has 130 valence electrons. The quantitative estimate of drug-likeness (QED) is 0.273. The molecular weight excluding hydrogens is 310 g/mol. The number of amides is 1. The van der Waals surface area contributed by atoms with Crippen LogP contribution in [0.2, 0.25) is 0 Å². The summed E-state index contributed by atoms with van der Waals surface area (Å²) >= 11 is 1.40. The van der Waals surface area contributed by atoms with Gasteiger partial charge in [0.15, 0.2) is 0 Å². The van der Waals surface area contributed by atoms with Crippen LogP contribution >= 0.6 is 11.8 Å². The molecule has 1 unspecified atom stereocenters. The number of hydrogen-bond donors (Lipinski definition) is 1. The summed E-state index contributed by atoms with van der Waals surface area (Å²) in [6.45, 7) is 4.37. The maximum absolute atomic E-state index is 11.4. The normalized spacial score (nSPS) is 12.0. The topological polar surface area (TPSA) is 49.8 Å². The zero-order chi connectivity index (χ0) is 17.1. The number of carbonyl (C=O) groups is 1. The molecule has 0 radical (unpaired) electrons. The molecule has 0 bridgehead atoms. The van der Waals surface area contributed by atoms with Crippen LogP contribution in [0.15, 0.2) is 29.2 Å². The number of thioether (sulfide) groups is 1. The maximum Gasteiger partial charge on any atom is 0.255 e. The van der Waals surface area contributed by atoms with E-state index in [4.69, 9.17) is 9.94 Å². The molecule has 0 spiro atoms. The summed E-state index contributed by atoms with van der Waals surface area (Å²) in [6.07, 6.45) is 7.34. The number of hydrogen-bond acceptors (Lipinski definition) is 4. The Morgan fingerprint density at radius 3 is 2.74 bits per heavy atom. The minimum Gasteiger partial charge on any atom is -0.490 e. The lowest BCUT2D eigenvalue weighted by atomic mass is 10.1. The highest BCUT2D eigenvalue weighted by atomic mass is 32.2. The van der Waals surface area contributed by atoms with Crippen LogP contribution in [0.5, 0.6) is 5.75 Å². The highest BCUT2D eigenvalue weighted by Crippen LogP contribution is 2.25. The molecule has 5 heteroatoms. The van der Waals surface area contributed by atoms with Crippen molar-refractivity contribution in [1.29, 1.82) is 0 Å². The third-order valence-corrected chi connectivity index (χ3v) is 4.65. The van der Waals surface area contributed by atoms with Gasteiger partial charge in [0.2, 0.25) is 0 Å². The molecule has 1 N–H and O–H groups in total. The van der Waals surface area contributed by atoms with E-state index in [0.717, 1.165) is 23.5 Å². The second kappa shape index (κ2) is 11.4. The lowest BCUT2D eigenvalue weighted by molar-refractivity contribution is -0.155. The van der Waals surface area contributed by atoms with Crippen molar-refractivity contribution in [2.24, 2.45) is 0 Å². The molecule has 1 aromatic carbocycles. The van der Waals surface area contributed by atoms with Crippen LogP contribution in [-0.2, 0) is 4.79 Å². The molecule has 0 aliphatic rings. The van der Waals surface area contributed by atoms with Crippen LogP contribution in [0.4, 0.5) is 0 Å². The van der Waals surface area contributed by atoms with Crippen molar-refractivity contribution in [3.8, 4) is 5.75 Å². The van der Waals surface area contributed by atoms with Gasteiger partial charge in [-0.25, -0.2) is 5.06 Å². The molecule has 0 aliphatic heterocycles. The smallest absolute Gasteiger partial charge is 0.255 e. The standard InChI is InChI=1S/C18H29NO3S/c1-4-6-7-8-10-15(5-2)22-16-11-9-12-17(13-16)23-14-18(20)19(3)21/h9,11-13,15,21H,4-8,10,14H2,1-3H3. The summed E-state index contributed by atoms with van der Waals surface area (Å²) in [4.78, 5) is 12.4. The number of rotatable bonds is 11. The van der Waals surface area contributed by atoms with E-state index < -0.39 is 0 Å². The molecule has 0 saturated carbocycles. The van der Waals surface area contributed by atoms with Crippen LogP contribution in [0.25, 0.3) is 0 Å². The Labute approximate surface area is 144 Å². The molecule has 1 rings (SSSR count). The van der Waals surface area contributed by atoms with Gasteiger partial charge in [0, 0.05) is 11.9 Å². The fourth-order valence-electron chi connectivity index (χ4n) is 2.21. The fourth-order valence-corrected chi connectivity index (χ4v) is 3.06. The van der Waals surface area contributed by atoms with Gasteiger partial charge >= 0.3 is 0 Å². The highest BCUT2D eigenvalue weighted by Gasteiger charge is 2.10. The lowest BCUT2D eigenvalue weighted by Gasteiger charge is -2.18. The van der Waals surface area contributed by atoms with Gasteiger partial charge in [-0.2, -0.15) is 0 Å². The Morgan fingerprint density at radius 1 is 1.30 bits per heavy atom. The van der Waals surface area contributed by atoms with Crippen molar-refractivity contribution in [3.05, 3.63) is 24.3 Å². The first-order valence-corrected chi connectivity index (χ1v) is 9.40. The third-order valence-electron chi connectivity index (χ3n) is 3.67. The predicted molar refractivity (Wildman–Crippen MR) is 95.2 cm³/mol. The number of nitrogens with zero attached hydrogens (tertiary/aromatic N) is 1. The summed E-state index contributed by atoms with van der Waals surface area (Å²) < 4.78 is 6.08. The second-order valence-corrected chi connectivity index (χ2v) is 6.73. The largest absolute Gasteiger partial charge is 0.490 e. The molecule has 1 aromatic rings. The summed E-state index contributed by atoms with van der Waals surface area (Å²) in [6, 6.07) is 7.81. The Kier molecular flexibility index (Phi) is 9.80. The molecule has 23 heavy (non-hydrogen) atoms. The van der Waals surface area contributed by atoms with Gasteiger partial charge in [-0.05, 0) is 37.5 Å². The molecule has 0 aromatic heterocycles. The Balaban J connectivity index is 2.49. The van der Waals surface area contributed by atoms with Crippen LogP contribution in [0, 0.1) is 0 Å². The third kappa shape index (κ3) is 8.28. The van der Waals surface area contributed by atoms with Crippen molar-refractivity contribution in [3.63, 3.8) is 0 Å². The minimum absolute atomic E-state index is 0.213. The number of unbranched alkanes of at least 4 members (excludes halogenated alkanes) is 3. The number of ether oxygens (including phenoxy) is 1. The maximum atomic E-state index is 11.4. The Bertz CT molecular complexity index is 465. The second-order valence-electron chi connectivity index (χ2n) is 5.68. The van der Waals surface area contributed by atoms with E-state index in [0.29, 0.717) is 5.06 Å². The van der Waals surface area contributed by atoms with Crippen LogP contribution < -0.4 is 4.74 Å². The van der Waals surface area contributed by atoms with Crippen LogP contribution in [0.1, 0.15) is 52.4 Å². The van der Waals surface area contributed by atoms with Gasteiger partial charge in [-0.1, -0.05) is 39.2 Å². The van der Waals surface area contributed by atoms with Gasteiger partial charge in [0.05, 0.1) is 11.9 Å². The molecule has 1 amide bonds. The minimum atomic E-state index is -0.316. The number of benzene rings is 1. The molecule has 4 nitrogen and oxygen atoms in total. The van der Waals surface area contributed by atoms with E-state index in [-0.39, 0.29) is 17.8 Å². The van der Waals surface area contributed by atoms with Gasteiger partial charge < -0.3 is 4.74 Å². The molecule has 0 aliphatic carbocycles. The summed E-state index contributed by atoms with van der Waals surface area (Å²) in [7, 11) is 1.34. The predicted octanol–water partition coefficient (Wildman–Crippen LogP) is 4.75. The average molecular weight is 340 g/mol. The zero-order valence-electron chi connectivity index (χ0n) is 14.5. The summed E-state index contributed by atoms with van der Waals surface area (Å²) in [5.74, 6) is 0.746. The van der Waals surface area contributed by atoms with E-state index in [9.17, 15) is 4.79 Å². The summed E-state index contributed by atoms with van der Waals surface area (Å²) in [5.41, 5.74) is 0. The van der Waals surface area contributed by atoms with Crippen LogP contribution in [-0.4, -0.2) is 35.1 Å². The molecular formula is C18H29NO3S. The monoisotopic (exact) mass is 339 g/mol. The van der Waals surface area contributed by atoms with Gasteiger partial charge in [0.1, 0.15) is 5.75 Å². The van der Waals surface area contributed by atoms with Gasteiger partial charge in [-0.15, -0.1) is 11.8 Å². The number of carbonyl (C=O) groups excluding carboxylic acids is 1. The van der Waals surface area contributed by atoms with Crippen LogP contribution in [0.3, 0.4) is 0 Å². The zero-order valence-corrected chi connectivity index (χ0v) is 15.3. The van der Waals surface area contributed by atoms with Crippen molar-refractivity contribution in [2.75, 3.05) is 12.8 Å². The molecule has 0 saturated heterocycles. The fraction of sp³-hybridized carbons (Fsp3) is 0.611. The summed E-state index contributed by atoms with van der Waals surface area (Å²) in [5, 5.41) is 9.69. The van der Waals surface area contributed by atoms with Crippen molar-refractivity contribution in [2.45, 2.75) is 63.4 Å². The first-order valence-electron chi connectivity index (χ1n) is 8.41. The molecule has 0 heterocycles. The van der Waals surface area contributed by atoms with E-state index in [1.807, 2.05) is 24.3 Å². The van der Waals surface area contributed by atoms with Gasteiger partial charge in [-0.3, -0.25) is 10.0 Å². The molecule has 1 atom stereocenters. The van der Waals surface area contributed by atoms with E-state index in [2.05, 4.69) is 13.8 Å². The highest BCUT2D eigenvalue weighted by molar-refractivity contribution is 8.00. The van der Waals surface area contributed by atoms with E-state index >= 15 is 0 Å². The van der Waals surface area contributed by atoms with Crippen molar-refractivity contribution < 1.29 is 14.7 Å². The Hall–Kier alpha value is -1.20. The van der Waals surface area contributed by atoms with Crippen molar-refractivity contribution in [1.82, 2.24) is 5.06 Å². The first-order chi connectivity index (χ1) is 11.1. The first kappa shape index (κ1) is 19.8. The average Bonchev–Trinajstić information content (AvgIpc) is 2.55. The van der Waals surface area contributed by atoms with E-state index in [1.165, 1.54) is 44.5 Å². The SMILES string of the molecule is CCCCCCC(CC)Oc1cccc(SCC(=O)N(C)O)c1. The number of hydroxylamine groups is 2. The van der Waals surface area contributed by atoms with Crippen molar-refractivity contribution >= 4 is 17.7 Å². The van der Waals surface area contributed by atoms with E-state index in [1.54, 1.807) is 0 Å². The molecule has 0 fully saturated rings.